The molecule has 0 radical (unpaired) electrons. The molecule has 2 aromatic heterocycles. The van der Waals surface area contributed by atoms with E-state index in [-0.39, 0.29) is 12.1 Å². The number of hydrogen-bond donors (Lipinski definition) is 2. The molecule has 3 heterocycles. The van der Waals surface area contributed by atoms with E-state index in [0.29, 0.717) is 30.4 Å². The molecule has 3 rings (SSSR count). The first-order chi connectivity index (χ1) is 8.22. The number of aliphatic hydroxyl groups excluding tert-OH is 1. The van der Waals surface area contributed by atoms with Gasteiger partial charge in [-0.15, -0.1) is 0 Å². The summed E-state index contributed by atoms with van der Waals surface area (Å²) in [6.07, 6.45) is 2.08. The van der Waals surface area contributed by atoms with E-state index in [1.54, 1.807) is 4.68 Å². The molecule has 7 heteroatoms. The van der Waals surface area contributed by atoms with Gasteiger partial charge in [-0.05, 0) is 12.5 Å². The Morgan fingerprint density at radius 2 is 2.47 bits per heavy atom. The summed E-state index contributed by atoms with van der Waals surface area (Å²) in [5.41, 5.74) is 0.682. The fraction of sp³-hybridized carbons (Fsp3) is 0.500. The van der Waals surface area contributed by atoms with Crippen molar-refractivity contribution >= 4 is 0 Å². The maximum atomic E-state index is 9.42. The minimum Gasteiger partial charge on any atom is -0.392 e. The molecule has 2 unspecified atom stereocenters. The van der Waals surface area contributed by atoms with Gasteiger partial charge >= 0.3 is 0 Å². The monoisotopic (exact) mass is 235 g/mol. The number of aromatic nitrogens is 4. The molecule has 0 aliphatic carbocycles. The Labute approximate surface area is 97.4 Å². The number of hydrogen-bond acceptors (Lipinski definition) is 6. The molecule has 17 heavy (non-hydrogen) atoms. The lowest BCUT2D eigenvalue weighted by atomic mass is 10.2. The predicted molar refractivity (Wildman–Crippen MR) is 57.9 cm³/mol. The molecule has 2 N–H and O–H groups in total. The maximum Gasteiger partial charge on any atom is 0.244 e. The van der Waals surface area contributed by atoms with Crippen LogP contribution in [-0.2, 0) is 7.05 Å². The summed E-state index contributed by atoms with van der Waals surface area (Å²) in [4.78, 5) is 4.28. The molecule has 1 aliphatic rings. The average molecular weight is 235 g/mol. The van der Waals surface area contributed by atoms with Gasteiger partial charge in [-0.25, -0.2) is 0 Å². The second-order valence-electron chi connectivity index (χ2n) is 4.18. The molecule has 2 aromatic rings. The van der Waals surface area contributed by atoms with Crippen LogP contribution in [0.5, 0.6) is 0 Å². The van der Waals surface area contributed by atoms with Gasteiger partial charge in [-0.3, -0.25) is 4.68 Å². The molecular weight excluding hydrogens is 222 g/mol. The molecule has 0 aromatic carbocycles. The Bertz CT molecular complexity index is 520. The quantitative estimate of drug-likeness (QED) is 0.753. The molecule has 0 amide bonds. The Morgan fingerprint density at radius 3 is 3.12 bits per heavy atom. The molecule has 1 fully saturated rings. The summed E-state index contributed by atoms with van der Waals surface area (Å²) in [6, 6.07) is 1.76. The predicted octanol–water partition coefficient (Wildman–Crippen LogP) is -0.135. The summed E-state index contributed by atoms with van der Waals surface area (Å²) >= 11 is 0. The van der Waals surface area contributed by atoms with Crippen molar-refractivity contribution in [2.45, 2.75) is 18.6 Å². The van der Waals surface area contributed by atoms with E-state index >= 15 is 0 Å². The molecular formula is C10H13N5O2. The lowest BCUT2D eigenvalue weighted by molar-refractivity contribution is 0.191. The van der Waals surface area contributed by atoms with Crippen LogP contribution in [0.3, 0.4) is 0 Å². The Balaban J connectivity index is 1.83. The van der Waals surface area contributed by atoms with E-state index in [1.807, 2.05) is 19.3 Å². The van der Waals surface area contributed by atoms with Gasteiger partial charge in [0.05, 0.1) is 12.1 Å². The smallest absolute Gasteiger partial charge is 0.244 e. The summed E-state index contributed by atoms with van der Waals surface area (Å²) in [6.45, 7) is 0.561. The molecule has 0 saturated carbocycles. The Kier molecular flexibility index (Phi) is 2.41. The number of aliphatic hydroxyl groups is 1. The van der Waals surface area contributed by atoms with Crippen LogP contribution in [0.1, 0.15) is 18.4 Å². The van der Waals surface area contributed by atoms with Crippen molar-refractivity contribution in [2.75, 3.05) is 6.54 Å². The fourth-order valence-electron chi connectivity index (χ4n) is 1.92. The van der Waals surface area contributed by atoms with Crippen molar-refractivity contribution in [1.29, 1.82) is 0 Å². The third-order valence-electron chi connectivity index (χ3n) is 2.79. The summed E-state index contributed by atoms with van der Waals surface area (Å²) < 4.78 is 6.86. The third-order valence-corrected chi connectivity index (χ3v) is 2.79. The fourth-order valence-corrected chi connectivity index (χ4v) is 1.92. The molecule has 2 atom stereocenters. The maximum absolute atomic E-state index is 9.42. The van der Waals surface area contributed by atoms with E-state index < -0.39 is 0 Å². The van der Waals surface area contributed by atoms with Crippen molar-refractivity contribution in [1.82, 2.24) is 25.2 Å². The Hall–Kier alpha value is -1.73. The van der Waals surface area contributed by atoms with Gasteiger partial charge in [0.1, 0.15) is 5.69 Å². The van der Waals surface area contributed by atoms with Crippen LogP contribution in [0, 0.1) is 0 Å². The van der Waals surface area contributed by atoms with Gasteiger partial charge in [-0.1, -0.05) is 5.16 Å². The van der Waals surface area contributed by atoms with Crippen LogP contribution in [0.2, 0.25) is 0 Å². The van der Waals surface area contributed by atoms with Crippen LogP contribution in [-0.4, -0.2) is 37.7 Å². The van der Waals surface area contributed by atoms with E-state index in [0.717, 1.165) is 0 Å². The van der Waals surface area contributed by atoms with Gasteiger partial charge in [-0.2, -0.15) is 10.1 Å². The molecule has 7 nitrogen and oxygen atoms in total. The zero-order chi connectivity index (χ0) is 11.8. The van der Waals surface area contributed by atoms with E-state index in [1.165, 1.54) is 0 Å². The minimum absolute atomic E-state index is 0.0602. The lowest BCUT2D eigenvalue weighted by Crippen LogP contribution is -2.15. The second kappa shape index (κ2) is 3.94. The van der Waals surface area contributed by atoms with Gasteiger partial charge in [0.2, 0.25) is 11.7 Å². The highest BCUT2D eigenvalue weighted by Crippen LogP contribution is 2.23. The largest absolute Gasteiger partial charge is 0.392 e. The summed E-state index contributed by atoms with van der Waals surface area (Å²) in [5.74, 6) is 0.978. The zero-order valence-corrected chi connectivity index (χ0v) is 9.37. The summed E-state index contributed by atoms with van der Waals surface area (Å²) in [7, 11) is 1.83. The van der Waals surface area contributed by atoms with Crippen LogP contribution in [0.25, 0.3) is 11.5 Å². The average Bonchev–Trinajstić information content (AvgIpc) is 2.96. The SMILES string of the molecule is Cn1ccc(-c2noc(C3CC(O)CN3)n2)n1. The van der Waals surface area contributed by atoms with Crippen molar-refractivity contribution < 1.29 is 9.63 Å². The van der Waals surface area contributed by atoms with Gasteiger partial charge < -0.3 is 14.9 Å². The standard InChI is InChI=1S/C10H13N5O2/c1-15-3-2-7(13-15)9-12-10(17-14-9)8-4-6(16)5-11-8/h2-3,6,8,11,16H,4-5H2,1H3. The number of rotatable bonds is 2. The van der Waals surface area contributed by atoms with Crippen molar-refractivity contribution in [2.24, 2.45) is 7.05 Å². The minimum atomic E-state index is -0.342. The first-order valence-electron chi connectivity index (χ1n) is 5.47. The van der Waals surface area contributed by atoms with Crippen molar-refractivity contribution in [3.05, 3.63) is 18.2 Å². The Morgan fingerprint density at radius 1 is 1.59 bits per heavy atom. The first kappa shape index (κ1) is 10.4. The number of aryl methyl sites for hydroxylation is 1. The summed E-state index contributed by atoms with van der Waals surface area (Å²) in [5, 5.41) is 20.6. The normalized spacial score (nSPS) is 24.4. The van der Waals surface area contributed by atoms with Gasteiger partial charge in [0.15, 0.2) is 0 Å². The van der Waals surface area contributed by atoms with E-state index in [4.69, 9.17) is 4.52 Å². The molecule has 1 saturated heterocycles. The number of nitrogens with one attached hydrogen (secondary N) is 1. The second-order valence-corrected chi connectivity index (χ2v) is 4.18. The molecule has 0 bridgehead atoms. The first-order valence-corrected chi connectivity index (χ1v) is 5.47. The number of β-amino-alcohol motifs (C(OH)–C–C–N with tert-alkyl or cyclic N) is 1. The van der Waals surface area contributed by atoms with Gasteiger partial charge in [0, 0.05) is 19.8 Å². The third kappa shape index (κ3) is 1.94. The van der Waals surface area contributed by atoms with Crippen LogP contribution in [0.15, 0.2) is 16.8 Å². The topological polar surface area (TPSA) is 89.0 Å². The van der Waals surface area contributed by atoms with Gasteiger partial charge in [0.25, 0.3) is 0 Å². The highest BCUT2D eigenvalue weighted by atomic mass is 16.5. The number of nitrogens with zero attached hydrogens (tertiary/aromatic N) is 4. The van der Waals surface area contributed by atoms with Crippen molar-refractivity contribution in [3.63, 3.8) is 0 Å². The highest BCUT2D eigenvalue weighted by Gasteiger charge is 2.28. The molecule has 1 aliphatic heterocycles. The molecule has 90 valence electrons. The zero-order valence-electron chi connectivity index (χ0n) is 9.37. The van der Waals surface area contributed by atoms with Crippen LogP contribution in [0.4, 0.5) is 0 Å². The van der Waals surface area contributed by atoms with E-state index in [9.17, 15) is 5.11 Å². The van der Waals surface area contributed by atoms with Crippen LogP contribution >= 0.6 is 0 Å². The molecule has 0 spiro atoms. The van der Waals surface area contributed by atoms with E-state index in [2.05, 4.69) is 20.6 Å². The lowest BCUT2D eigenvalue weighted by Gasteiger charge is -2.01. The van der Waals surface area contributed by atoms with Crippen molar-refractivity contribution in [3.8, 4) is 11.5 Å². The highest BCUT2D eigenvalue weighted by molar-refractivity contribution is 5.46. The van der Waals surface area contributed by atoms with Crippen LogP contribution < -0.4 is 5.32 Å².